The maximum atomic E-state index is 10.8. The van der Waals surface area contributed by atoms with Gasteiger partial charge in [-0.3, -0.25) is 9.78 Å². The van der Waals surface area contributed by atoms with Gasteiger partial charge in [-0.25, -0.2) is 4.98 Å². The van der Waals surface area contributed by atoms with Gasteiger partial charge in [0.05, 0.1) is 5.69 Å². The summed E-state index contributed by atoms with van der Waals surface area (Å²) in [6.45, 7) is 0. The minimum absolute atomic E-state index is 0.311. The maximum absolute atomic E-state index is 10.8. The smallest absolute Gasteiger partial charge is 0.277 e. The molecular formula is C9H7N3OS. The molecule has 2 N–H and O–H groups in total. The first-order valence-corrected chi connectivity index (χ1v) is 4.82. The second-order valence-corrected chi connectivity index (χ2v) is 3.48. The van der Waals surface area contributed by atoms with E-state index in [0.29, 0.717) is 10.7 Å². The molecule has 0 aromatic carbocycles. The van der Waals surface area contributed by atoms with Crippen LogP contribution in [-0.2, 0) is 0 Å². The lowest BCUT2D eigenvalue weighted by molar-refractivity contribution is 0.1000. The van der Waals surface area contributed by atoms with Gasteiger partial charge in [0.2, 0.25) is 0 Å². The van der Waals surface area contributed by atoms with Crippen molar-refractivity contribution in [2.24, 2.45) is 5.73 Å². The Bertz CT molecular complexity index is 452. The van der Waals surface area contributed by atoms with Crippen LogP contribution in [0.1, 0.15) is 9.80 Å². The number of hydrogen-bond donors (Lipinski definition) is 1. The Hall–Kier alpha value is -1.75. The summed E-state index contributed by atoms with van der Waals surface area (Å²) >= 11 is 1.23. The molecule has 4 nitrogen and oxygen atoms in total. The third-order valence-electron chi connectivity index (χ3n) is 1.64. The fraction of sp³-hybridized carbons (Fsp3) is 0. The largest absolute Gasteiger partial charge is 0.364 e. The van der Waals surface area contributed by atoms with Gasteiger partial charge in [0, 0.05) is 11.6 Å². The molecule has 14 heavy (non-hydrogen) atoms. The van der Waals surface area contributed by atoms with E-state index >= 15 is 0 Å². The second kappa shape index (κ2) is 3.55. The van der Waals surface area contributed by atoms with Crippen LogP contribution in [0.25, 0.3) is 11.4 Å². The van der Waals surface area contributed by atoms with Crippen molar-refractivity contribution >= 4 is 17.2 Å². The van der Waals surface area contributed by atoms with Gasteiger partial charge in [0.25, 0.3) is 5.91 Å². The highest BCUT2D eigenvalue weighted by Gasteiger charge is 2.08. The monoisotopic (exact) mass is 205 g/mol. The van der Waals surface area contributed by atoms with E-state index in [1.165, 1.54) is 11.3 Å². The van der Waals surface area contributed by atoms with Crippen LogP contribution >= 0.6 is 11.3 Å². The van der Waals surface area contributed by atoms with E-state index < -0.39 is 5.91 Å². The molecule has 1 amide bonds. The number of nitrogens with zero attached hydrogens (tertiary/aromatic N) is 2. The van der Waals surface area contributed by atoms with Gasteiger partial charge < -0.3 is 5.73 Å². The number of pyridine rings is 1. The number of carbonyl (C=O) groups is 1. The van der Waals surface area contributed by atoms with E-state index in [4.69, 9.17) is 5.73 Å². The molecule has 2 aromatic heterocycles. The minimum Gasteiger partial charge on any atom is -0.364 e. The molecule has 0 atom stereocenters. The summed E-state index contributed by atoms with van der Waals surface area (Å²) in [4.78, 5) is 19.0. The molecule has 0 aliphatic rings. The SMILES string of the molecule is NC(=O)c1nc(-c2ccccn2)cs1. The maximum Gasteiger partial charge on any atom is 0.277 e. The summed E-state index contributed by atoms with van der Waals surface area (Å²) in [5, 5.41) is 2.08. The Kier molecular flexibility index (Phi) is 2.24. The van der Waals surface area contributed by atoms with E-state index in [2.05, 4.69) is 9.97 Å². The van der Waals surface area contributed by atoms with Crippen molar-refractivity contribution in [3.05, 3.63) is 34.8 Å². The molecule has 0 bridgehead atoms. The molecule has 0 unspecified atom stereocenters. The number of aromatic nitrogens is 2. The van der Waals surface area contributed by atoms with Gasteiger partial charge in [-0.15, -0.1) is 11.3 Å². The average molecular weight is 205 g/mol. The molecule has 0 saturated heterocycles. The summed E-state index contributed by atoms with van der Waals surface area (Å²) in [5.41, 5.74) is 6.52. The van der Waals surface area contributed by atoms with E-state index in [0.717, 1.165) is 5.69 Å². The lowest BCUT2D eigenvalue weighted by Crippen LogP contribution is -2.10. The zero-order valence-electron chi connectivity index (χ0n) is 7.18. The lowest BCUT2D eigenvalue weighted by Gasteiger charge is -1.92. The second-order valence-electron chi connectivity index (χ2n) is 2.62. The molecule has 0 fully saturated rings. The first kappa shape index (κ1) is 8.83. The number of hydrogen-bond acceptors (Lipinski definition) is 4. The molecule has 0 aliphatic carbocycles. The number of carbonyl (C=O) groups excluding carboxylic acids is 1. The Labute approximate surface area is 84.4 Å². The zero-order chi connectivity index (χ0) is 9.97. The van der Waals surface area contributed by atoms with E-state index in [9.17, 15) is 4.79 Å². The minimum atomic E-state index is -0.503. The lowest BCUT2D eigenvalue weighted by atomic mass is 10.3. The van der Waals surface area contributed by atoms with E-state index in [1.54, 1.807) is 11.6 Å². The number of rotatable bonds is 2. The van der Waals surface area contributed by atoms with Gasteiger partial charge in [0.15, 0.2) is 5.01 Å². The zero-order valence-corrected chi connectivity index (χ0v) is 7.99. The van der Waals surface area contributed by atoms with Crippen molar-refractivity contribution in [3.8, 4) is 11.4 Å². The molecule has 70 valence electrons. The topological polar surface area (TPSA) is 68.9 Å². The first-order valence-electron chi connectivity index (χ1n) is 3.94. The predicted molar refractivity (Wildman–Crippen MR) is 53.9 cm³/mol. The fourth-order valence-corrected chi connectivity index (χ4v) is 1.68. The third kappa shape index (κ3) is 1.62. The molecule has 2 rings (SSSR count). The van der Waals surface area contributed by atoms with Crippen molar-refractivity contribution in [3.63, 3.8) is 0 Å². The Morgan fingerprint density at radius 2 is 2.21 bits per heavy atom. The molecule has 2 heterocycles. The van der Waals surface area contributed by atoms with Crippen LogP contribution in [0.3, 0.4) is 0 Å². The highest BCUT2D eigenvalue weighted by Crippen LogP contribution is 2.18. The van der Waals surface area contributed by atoms with Gasteiger partial charge in [-0.1, -0.05) is 6.07 Å². The Morgan fingerprint density at radius 1 is 1.36 bits per heavy atom. The summed E-state index contributed by atoms with van der Waals surface area (Å²) in [6, 6.07) is 5.52. The molecule has 0 aliphatic heterocycles. The van der Waals surface area contributed by atoms with E-state index in [1.807, 2.05) is 18.2 Å². The molecule has 2 aromatic rings. The third-order valence-corrected chi connectivity index (χ3v) is 2.50. The van der Waals surface area contributed by atoms with Crippen LogP contribution in [0.5, 0.6) is 0 Å². The Balaban J connectivity index is 2.39. The summed E-state index contributed by atoms with van der Waals surface area (Å²) < 4.78 is 0. The molecular weight excluding hydrogens is 198 g/mol. The quantitative estimate of drug-likeness (QED) is 0.803. The van der Waals surface area contributed by atoms with E-state index in [-0.39, 0.29) is 0 Å². The summed E-state index contributed by atoms with van der Waals surface area (Å²) in [7, 11) is 0. The fourth-order valence-electron chi connectivity index (χ4n) is 1.02. The van der Waals surface area contributed by atoms with Crippen LogP contribution in [-0.4, -0.2) is 15.9 Å². The van der Waals surface area contributed by atoms with Crippen LogP contribution in [0.4, 0.5) is 0 Å². The number of thiazole rings is 1. The van der Waals surface area contributed by atoms with Crippen molar-refractivity contribution in [1.29, 1.82) is 0 Å². The summed E-state index contributed by atoms with van der Waals surface area (Å²) in [5.74, 6) is -0.503. The molecule has 0 saturated carbocycles. The van der Waals surface area contributed by atoms with Crippen LogP contribution in [0, 0.1) is 0 Å². The highest BCUT2D eigenvalue weighted by atomic mass is 32.1. The molecule has 5 heteroatoms. The van der Waals surface area contributed by atoms with Crippen LogP contribution in [0.15, 0.2) is 29.8 Å². The highest BCUT2D eigenvalue weighted by molar-refractivity contribution is 7.12. The normalized spacial score (nSPS) is 10.0. The van der Waals surface area contributed by atoms with Crippen molar-refractivity contribution in [2.75, 3.05) is 0 Å². The number of nitrogens with two attached hydrogens (primary N) is 1. The van der Waals surface area contributed by atoms with Gasteiger partial charge in [-0.2, -0.15) is 0 Å². The van der Waals surface area contributed by atoms with Gasteiger partial charge in [0.1, 0.15) is 5.69 Å². The van der Waals surface area contributed by atoms with Gasteiger partial charge >= 0.3 is 0 Å². The van der Waals surface area contributed by atoms with Crippen molar-refractivity contribution in [1.82, 2.24) is 9.97 Å². The number of amides is 1. The first-order chi connectivity index (χ1) is 6.77. The number of primary amides is 1. The average Bonchev–Trinajstić information content (AvgIpc) is 2.68. The van der Waals surface area contributed by atoms with Crippen LogP contribution < -0.4 is 5.73 Å². The molecule has 0 spiro atoms. The van der Waals surface area contributed by atoms with Crippen LogP contribution in [0.2, 0.25) is 0 Å². The Morgan fingerprint density at radius 3 is 2.79 bits per heavy atom. The predicted octanol–water partition coefficient (Wildman–Crippen LogP) is 1.30. The van der Waals surface area contributed by atoms with Gasteiger partial charge in [-0.05, 0) is 12.1 Å². The van der Waals surface area contributed by atoms with Crippen molar-refractivity contribution in [2.45, 2.75) is 0 Å². The standard InChI is InChI=1S/C9H7N3OS/c10-8(13)9-12-7(5-14-9)6-3-1-2-4-11-6/h1-5H,(H2,10,13). The van der Waals surface area contributed by atoms with Crippen molar-refractivity contribution < 1.29 is 4.79 Å². The summed E-state index contributed by atoms with van der Waals surface area (Å²) in [6.07, 6.45) is 1.68. The molecule has 0 radical (unpaired) electrons.